The molecule has 0 bridgehead atoms. The average molecular weight is 463 g/mol. The Hall–Kier alpha value is -3.87. The molecule has 0 N–H and O–H groups in total. The van der Waals surface area contributed by atoms with Gasteiger partial charge in [0.05, 0.1) is 30.3 Å². The highest BCUT2D eigenvalue weighted by Crippen LogP contribution is 2.34. The predicted molar refractivity (Wildman–Crippen MR) is 129 cm³/mol. The third kappa shape index (κ3) is 4.88. The Morgan fingerprint density at radius 1 is 1.03 bits per heavy atom. The Labute approximate surface area is 197 Å². The van der Waals surface area contributed by atoms with Gasteiger partial charge < -0.3 is 18.8 Å². The lowest BCUT2D eigenvalue weighted by Crippen LogP contribution is -2.04. The van der Waals surface area contributed by atoms with Gasteiger partial charge in [0.2, 0.25) is 0 Å². The molecule has 176 valence electrons. The number of hydrogen-bond donors (Lipinski definition) is 0. The number of nitrogens with zero attached hydrogens (tertiary/aromatic N) is 2. The summed E-state index contributed by atoms with van der Waals surface area (Å²) in [7, 11) is 1.58. The largest absolute Gasteiger partial charge is 0.493 e. The third-order valence-corrected chi connectivity index (χ3v) is 5.41. The maximum absolute atomic E-state index is 13.5. The van der Waals surface area contributed by atoms with E-state index in [4.69, 9.17) is 19.2 Å². The lowest BCUT2D eigenvalue weighted by Gasteiger charge is -2.13. The van der Waals surface area contributed by atoms with Gasteiger partial charge in [0, 0.05) is 12.1 Å². The fourth-order valence-electron chi connectivity index (χ4n) is 3.86. The maximum atomic E-state index is 13.5. The fourth-order valence-corrected chi connectivity index (χ4v) is 3.86. The van der Waals surface area contributed by atoms with Crippen LogP contribution >= 0.6 is 0 Å². The molecule has 3 aromatic carbocycles. The summed E-state index contributed by atoms with van der Waals surface area (Å²) in [6, 6.07) is 17.4. The van der Waals surface area contributed by atoms with Crippen LogP contribution in [0.15, 0.2) is 60.7 Å². The molecular formula is C27H27FN2O4. The molecule has 7 heteroatoms. The Balaban J connectivity index is 1.68. The molecule has 0 radical (unpaired) electrons. The van der Waals surface area contributed by atoms with Crippen LogP contribution in [-0.4, -0.2) is 29.2 Å². The zero-order valence-corrected chi connectivity index (χ0v) is 19.5. The van der Waals surface area contributed by atoms with Crippen LogP contribution in [0.1, 0.15) is 36.2 Å². The number of aryl methyl sites for hydroxylation is 1. The number of halogens is 1. The molecule has 0 unspecified atom stereocenters. The van der Waals surface area contributed by atoms with E-state index in [1.54, 1.807) is 32.2 Å². The van der Waals surface area contributed by atoms with Crippen LogP contribution in [0.4, 0.5) is 4.39 Å². The first-order chi connectivity index (χ1) is 16.5. The van der Waals surface area contributed by atoms with E-state index < -0.39 is 0 Å². The molecule has 34 heavy (non-hydrogen) atoms. The molecule has 0 saturated carbocycles. The minimum absolute atomic E-state index is 0.221. The molecule has 0 aliphatic heterocycles. The van der Waals surface area contributed by atoms with Gasteiger partial charge in [-0.25, -0.2) is 14.2 Å². The van der Waals surface area contributed by atoms with Gasteiger partial charge in [-0.15, -0.1) is 0 Å². The molecule has 0 spiro atoms. The van der Waals surface area contributed by atoms with E-state index in [-0.39, 0.29) is 18.4 Å². The van der Waals surface area contributed by atoms with Crippen molar-refractivity contribution in [1.29, 1.82) is 0 Å². The highest BCUT2D eigenvalue weighted by atomic mass is 19.1. The van der Waals surface area contributed by atoms with Crippen molar-refractivity contribution in [2.75, 3.05) is 13.7 Å². The molecule has 4 aromatic rings. The van der Waals surface area contributed by atoms with Gasteiger partial charge in [0.1, 0.15) is 18.2 Å². The lowest BCUT2D eigenvalue weighted by atomic mass is 10.1. The van der Waals surface area contributed by atoms with Crippen LogP contribution in [0.3, 0.4) is 0 Å². The molecule has 0 fully saturated rings. The average Bonchev–Trinajstić information content (AvgIpc) is 3.20. The molecular weight excluding hydrogens is 435 g/mol. The maximum Gasteiger partial charge on any atom is 0.338 e. The van der Waals surface area contributed by atoms with E-state index in [0.29, 0.717) is 23.7 Å². The van der Waals surface area contributed by atoms with Crippen LogP contribution in [0.2, 0.25) is 0 Å². The molecule has 1 heterocycles. The second-order valence-electron chi connectivity index (χ2n) is 7.80. The smallest absolute Gasteiger partial charge is 0.338 e. The van der Waals surface area contributed by atoms with Crippen LogP contribution in [0.25, 0.3) is 22.4 Å². The van der Waals surface area contributed by atoms with Crippen LogP contribution in [0, 0.1) is 5.82 Å². The normalized spacial score (nSPS) is 10.9. The number of carbonyl (C=O) groups excluding carboxylic acids is 1. The van der Waals surface area contributed by atoms with E-state index in [1.165, 1.54) is 12.1 Å². The topological polar surface area (TPSA) is 62.6 Å². The molecule has 1 aromatic heterocycles. The Bertz CT molecular complexity index is 1320. The van der Waals surface area contributed by atoms with Gasteiger partial charge in [-0.2, -0.15) is 0 Å². The van der Waals surface area contributed by atoms with Gasteiger partial charge in [-0.05, 0) is 67.4 Å². The monoisotopic (exact) mass is 462 g/mol. The minimum atomic E-state index is -0.363. The SMILES string of the molecule is CCCn1c(-c2ccc(OCc3cccc(F)c3)c(OC)c2)nc2cc(C(=O)OCC)ccc21. The Morgan fingerprint density at radius 2 is 1.88 bits per heavy atom. The number of hydrogen-bond acceptors (Lipinski definition) is 5. The number of imidazole rings is 1. The van der Waals surface area contributed by atoms with Crippen molar-refractivity contribution in [3.63, 3.8) is 0 Å². The third-order valence-electron chi connectivity index (χ3n) is 5.41. The molecule has 4 rings (SSSR count). The number of rotatable bonds is 9. The quantitative estimate of drug-likeness (QED) is 0.285. The summed E-state index contributed by atoms with van der Waals surface area (Å²) < 4.78 is 32.2. The van der Waals surface area contributed by atoms with Crippen LogP contribution in [0.5, 0.6) is 11.5 Å². The highest BCUT2D eigenvalue weighted by molar-refractivity contribution is 5.94. The zero-order chi connectivity index (χ0) is 24.1. The lowest BCUT2D eigenvalue weighted by molar-refractivity contribution is 0.0526. The van der Waals surface area contributed by atoms with Crippen molar-refractivity contribution < 1.29 is 23.4 Å². The van der Waals surface area contributed by atoms with E-state index in [1.807, 2.05) is 30.3 Å². The van der Waals surface area contributed by atoms with Crippen molar-refractivity contribution in [3.05, 3.63) is 77.6 Å². The van der Waals surface area contributed by atoms with Gasteiger partial charge in [0.15, 0.2) is 11.5 Å². The molecule has 6 nitrogen and oxygen atoms in total. The number of aromatic nitrogens is 2. The van der Waals surface area contributed by atoms with E-state index in [2.05, 4.69) is 11.5 Å². The molecule has 0 aliphatic rings. The van der Waals surface area contributed by atoms with E-state index in [9.17, 15) is 9.18 Å². The Kier molecular flexibility index (Phi) is 7.11. The number of methoxy groups -OCH3 is 1. The molecule has 0 saturated heterocycles. The number of ether oxygens (including phenoxy) is 3. The van der Waals surface area contributed by atoms with Gasteiger partial charge >= 0.3 is 5.97 Å². The van der Waals surface area contributed by atoms with Crippen molar-refractivity contribution in [2.24, 2.45) is 0 Å². The van der Waals surface area contributed by atoms with Crippen molar-refractivity contribution >= 4 is 17.0 Å². The summed E-state index contributed by atoms with van der Waals surface area (Å²) in [5.41, 5.74) is 3.72. The van der Waals surface area contributed by atoms with Gasteiger partial charge in [0.25, 0.3) is 0 Å². The van der Waals surface area contributed by atoms with Crippen molar-refractivity contribution in [1.82, 2.24) is 9.55 Å². The van der Waals surface area contributed by atoms with Crippen LogP contribution < -0.4 is 9.47 Å². The van der Waals surface area contributed by atoms with Crippen molar-refractivity contribution in [3.8, 4) is 22.9 Å². The molecule has 0 amide bonds. The number of esters is 1. The number of carbonyl (C=O) groups is 1. The second-order valence-corrected chi connectivity index (χ2v) is 7.80. The summed E-state index contributed by atoms with van der Waals surface area (Å²) in [6.45, 7) is 5.19. The first-order valence-corrected chi connectivity index (χ1v) is 11.3. The Morgan fingerprint density at radius 3 is 2.62 bits per heavy atom. The number of benzene rings is 3. The summed E-state index contributed by atoms with van der Waals surface area (Å²) in [5.74, 6) is 1.21. The van der Waals surface area contributed by atoms with Gasteiger partial charge in [-0.3, -0.25) is 0 Å². The van der Waals surface area contributed by atoms with Crippen molar-refractivity contribution in [2.45, 2.75) is 33.4 Å². The standard InChI is InChI=1S/C27H27FN2O4/c1-4-13-30-23-11-9-20(27(31)33-5-2)15-22(23)29-26(30)19-10-12-24(25(16-19)32-3)34-17-18-7-6-8-21(28)14-18/h6-12,14-16H,4-5,13,17H2,1-3H3. The molecule has 0 aliphatic carbocycles. The summed E-state index contributed by atoms with van der Waals surface area (Å²) >= 11 is 0. The zero-order valence-electron chi connectivity index (χ0n) is 19.5. The van der Waals surface area contributed by atoms with E-state index >= 15 is 0 Å². The summed E-state index contributed by atoms with van der Waals surface area (Å²) in [5, 5.41) is 0. The highest BCUT2D eigenvalue weighted by Gasteiger charge is 2.17. The minimum Gasteiger partial charge on any atom is -0.493 e. The first kappa shape index (κ1) is 23.3. The summed E-state index contributed by atoms with van der Waals surface area (Å²) in [6.07, 6.45) is 0.921. The second kappa shape index (κ2) is 10.4. The predicted octanol–water partition coefficient (Wildman–Crippen LogP) is 6.02. The molecule has 0 atom stereocenters. The van der Waals surface area contributed by atoms with E-state index in [0.717, 1.165) is 41.0 Å². The fraction of sp³-hybridized carbons (Fsp3) is 0.259. The first-order valence-electron chi connectivity index (χ1n) is 11.3. The number of fused-ring (bicyclic) bond motifs is 1. The summed E-state index contributed by atoms with van der Waals surface area (Å²) in [4.78, 5) is 17.0. The van der Waals surface area contributed by atoms with Gasteiger partial charge in [-0.1, -0.05) is 19.1 Å². The van der Waals surface area contributed by atoms with Crippen LogP contribution in [-0.2, 0) is 17.9 Å².